The number of carbonyl (C=O) groups is 2. The summed E-state index contributed by atoms with van der Waals surface area (Å²) in [5, 5.41) is 17.1. The molecule has 2 heterocycles. The molecule has 3 rings (SSSR count). The van der Waals surface area contributed by atoms with Gasteiger partial charge in [0.2, 0.25) is 5.91 Å². The van der Waals surface area contributed by atoms with Crippen molar-refractivity contribution in [2.75, 3.05) is 5.32 Å². The van der Waals surface area contributed by atoms with Gasteiger partial charge in [-0.05, 0) is 50.5 Å². The lowest BCUT2D eigenvalue weighted by Crippen LogP contribution is -2.44. The monoisotopic (exact) mass is 428 g/mol. The summed E-state index contributed by atoms with van der Waals surface area (Å²) in [5.41, 5.74) is 2.83. The molecule has 2 aromatic heterocycles. The van der Waals surface area contributed by atoms with Gasteiger partial charge in [-0.25, -0.2) is 4.68 Å². The Morgan fingerprint density at radius 3 is 2.40 bits per heavy atom. The molecule has 0 bridgehead atoms. The van der Waals surface area contributed by atoms with Crippen molar-refractivity contribution < 1.29 is 9.59 Å². The normalized spacial score (nSPS) is 12.1. The van der Waals surface area contributed by atoms with E-state index in [1.54, 1.807) is 41.2 Å². The Balaban J connectivity index is 1.73. The Kier molecular flexibility index (Phi) is 6.56. The number of rotatable bonds is 7. The predicted octanol–water partition coefficient (Wildman–Crippen LogP) is 3.65. The van der Waals surface area contributed by atoms with Gasteiger partial charge in [0.25, 0.3) is 5.91 Å². The lowest BCUT2D eigenvalue weighted by atomic mass is 10.0. The second kappa shape index (κ2) is 9.13. The Morgan fingerprint density at radius 1 is 1.17 bits per heavy atom. The molecule has 2 amide bonds. The van der Waals surface area contributed by atoms with Gasteiger partial charge in [-0.3, -0.25) is 14.7 Å². The number of aromatic nitrogens is 4. The Hall–Kier alpha value is -3.13. The van der Waals surface area contributed by atoms with Gasteiger partial charge in [-0.1, -0.05) is 25.4 Å². The molecule has 0 fully saturated rings. The third kappa shape index (κ3) is 4.88. The van der Waals surface area contributed by atoms with Crippen molar-refractivity contribution in [3.8, 4) is 5.69 Å². The molecule has 0 saturated carbocycles. The van der Waals surface area contributed by atoms with E-state index in [0.717, 1.165) is 17.1 Å². The second-order valence-electron chi connectivity index (χ2n) is 7.56. The Bertz CT molecular complexity index is 1020. The number of anilines is 1. The van der Waals surface area contributed by atoms with Crippen LogP contribution >= 0.6 is 11.6 Å². The fraction of sp³-hybridized carbons (Fsp3) is 0.333. The van der Waals surface area contributed by atoms with Crippen molar-refractivity contribution in [3.05, 3.63) is 58.5 Å². The third-order valence-corrected chi connectivity index (χ3v) is 5.21. The number of H-pyrrole nitrogens is 1. The van der Waals surface area contributed by atoms with Crippen molar-refractivity contribution in [2.45, 2.75) is 40.2 Å². The van der Waals surface area contributed by atoms with Crippen LogP contribution in [0.2, 0.25) is 5.02 Å². The predicted molar refractivity (Wildman–Crippen MR) is 116 cm³/mol. The minimum absolute atomic E-state index is 0.223. The lowest BCUT2D eigenvalue weighted by molar-refractivity contribution is -0.118. The van der Waals surface area contributed by atoms with E-state index in [-0.39, 0.29) is 17.7 Å². The van der Waals surface area contributed by atoms with Gasteiger partial charge in [0.15, 0.2) is 0 Å². The van der Waals surface area contributed by atoms with E-state index in [2.05, 4.69) is 25.9 Å². The van der Waals surface area contributed by atoms with Crippen molar-refractivity contribution in [2.24, 2.45) is 5.92 Å². The molecule has 0 radical (unpaired) electrons. The zero-order valence-corrected chi connectivity index (χ0v) is 18.1. The van der Waals surface area contributed by atoms with Gasteiger partial charge in [-0.15, -0.1) is 0 Å². The van der Waals surface area contributed by atoms with Crippen LogP contribution in [0.1, 0.15) is 42.0 Å². The van der Waals surface area contributed by atoms with Crippen LogP contribution in [0.4, 0.5) is 5.82 Å². The minimum atomic E-state index is -0.671. The summed E-state index contributed by atoms with van der Waals surface area (Å²) in [6.07, 6.45) is 2.05. The summed E-state index contributed by atoms with van der Waals surface area (Å²) in [4.78, 5) is 25.4. The van der Waals surface area contributed by atoms with Gasteiger partial charge >= 0.3 is 0 Å². The Labute approximate surface area is 180 Å². The van der Waals surface area contributed by atoms with Crippen LogP contribution in [0.15, 0.2) is 36.5 Å². The minimum Gasteiger partial charge on any atom is -0.340 e. The number of benzene rings is 1. The highest BCUT2D eigenvalue weighted by Gasteiger charge is 2.23. The van der Waals surface area contributed by atoms with E-state index >= 15 is 0 Å². The number of aryl methyl sites for hydroxylation is 1. The maximum absolute atomic E-state index is 12.8. The Morgan fingerprint density at radius 2 is 1.87 bits per heavy atom. The maximum Gasteiger partial charge on any atom is 0.251 e. The molecule has 8 nitrogen and oxygen atoms in total. The van der Waals surface area contributed by atoms with Gasteiger partial charge in [0.1, 0.15) is 11.9 Å². The maximum atomic E-state index is 12.8. The van der Waals surface area contributed by atoms with Crippen LogP contribution in [0, 0.1) is 19.8 Å². The summed E-state index contributed by atoms with van der Waals surface area (Å²) < 4.78 is 1.73. The summed E-state index contributed by atoms with van der Waals surface area (Å²) in [6.45, 7) is 7.72. The number of nitrogens with one attached hydrogen (secondary N) is 3. The summed E-state index contributed by atoms with van der Waals surface area (Å²) in [5.74, 6) is 0.0884. The number of carbonyl (C=O) groups excluding carboxylic acids is 2. The van der Waals surface area contributed by atoms with E-state index in [1.807, 2.05) is 27.7 Å². The number of nitrogens with zero attached hydrogens (tertiary/aromatic N) is 3. The molecular weight excluding hydrogens is 404 g/mol. The number of halogens is 1. The van der Waals surface area contributed by atoms with Crippen LogP contribution in [-0.4, -0.2) is 37.8 Å². The van der Waals surface area contributed by atoms with Crippen LogP contribution < -0.4 is 10.6 Å². The van der Waals surface area contributed by atoms with Gasteiger partial charge in [0, 0.05) is 11.6 Å². The molecule has 0 aliphatic heterocycles. The molecule has 0 spiro atoms. The van der Waals surface area contributed by atoms with E-state index in [4.69, 9.17) is 11.6 Å². The number of aromatic amines is 1. The van der Waals surface area contributed by atoms with Crippen LogP contribution in [-0.2, 0) is 4.79 Å². The van der Waals surface area contributed by atoms with Crippen molar-refractivity contribution in [3.63, 3.8) is 0 Å². The van der Waals surface area contributed by atoms with Gasteiger partial charge < -0.3 is 10.6 Å². The molecule has 1 atom stereocenters. The quantitative estimate of drug-likeness (QED) is 0.534. The largest absolute Gasteiger partial charge is 0.340 e. The lowest BCUT2D eigenvalue weighted by Gasteiger charge is -2.20. The van der Waals surface area contributed by atoms with E-state index in [9.17, 15) is 9.59 Å². The first-order chi connectivity index (χ1) is 14.3. The number of hydrogen-bond donors (Lipinski definition) is 3. The first-order valence-corrected chi connectivity index (χ1v) is 10.1. The number of hydrogen-bond acceptors (Lipinski definition) is 4. The molecule has 158 valence electrons. The molecule has 3 aromatic rings. The fourth-order valence-electron chi connectivity index (χ4n) is 3.12. The molecule has 3 N–H and O–H groups in total. The zero-order chi connectivity index (χ0) is 21.8. The highest BCUT2D eigenvalue weighted by molar-refractivity contribution is 6.31. The highest BCUT2D eigenvalue weighted by atomic mass is 35.5. The summed E-state index contributed by atoms with van der Waals surface area (Å²) >= 11 is 6.22. The molecular formula is C21H25ClN6O2. The van der Waals surface area contributed by atoms with E-state index in [0.29, 0.717) is 22.8 Å². The first-order valence-electron chi connectivity index (χ1n) is 9.69. The van der Waals surface area contributed by atoms with E-state index < -0.39 is 6.04 Å². The molecule has 9 heteroatoms. The van der Waals surface area contributed by atoms with Gasteiger partial charge in [-0.2, -0.15) is 10.2 Å². The zero-order valence-electron chi connectivity index (χ0n) is 17.4. The average Bonchev–Trinajstić information content (AvgIpc) is 3.31. The van der Waals surface area contributed by atoms with Crippen molar-refractivity contribution in [1.29, 1.82) is 0 Å². The topological polar surface area (TPSA) is 105 Å². The molecule has 30 heavy (non-hydrogen) atoms. The van der Waals surface area contributed by atoms with Crippen LogP contribution in [0.3, 0.4) is 0 Å². The van der Waals surface area contributed by atoms with Crippen molar-refractivity contribution >= 4 is 29.2 Å². The SMILES string of the molecule is Cc1nn(-c2ccc(C(=O)NC(CC(C)C)C(=O)Nc3ccn[nH]3)cc2)c(C)c1Cl. The highest BCUT2D eigenvalue weighted by Crippen LogP contribution is 2.22. The standard InChI is InChI=1S/C21H25ClN6O2/c1-12(2)11-17(21(30)25-18-9-10-23-26-18)24-20(29)15-5-7-16(8-6-15)28-14(4)19(22)13(3)27-28/h5-10,12,17H,11H2,1-4H3,(H,24,29)(H2,23,25,26,30). The molecule has 0 aliphatic carbocycles. The fourth-order valence-corrected chi connectivity index (χ4v) is 3.24. The first kappa shape index (κ1) is 21.6. The summed E-state index contributed by atoms with van der Waals surface area (Å²) in [7, 11) is 0. The van der Waals surface area contributed by atoms with Crippen LogP contribution in [0.5, 0.6) is 0 Å². The molecule has 0 saturated heterocycles. The van der Waals surface area contributed by atoms with Crippen molar-refractivity contribution in [1.82, 2.24) is 25.3 Å². The average molecular weight is 429 g/mol. The van der Waals surface area contributed by atoms with Crippen LogP contribution in [0.25, 0.3) is 5.69 Å². The smallest absolute Gasteiger partial charge is 0.251 e. The molecule has 0 aliphatic rings. The molecule has 1 aromatic carbocycles. The molecule has 1 unspecified atom stereocenters. The third-order valence-electron chi connectivity index (χ3n) is 4.66. The number of amides is 2. The second-order valence-corrected chi connectivity index (χ2v) is 7.94. The summed E-state index contributed by atoms with van der Waals surface area (Å²) in [6, 6.07) is 7.98. The van der Waals surface area contributed by atoms with E-state index in [1.165, 1.54) is 0 Å². The van der Waals surface area contributed by atoms with Gasteiger partial charge in [0.05, 0.1) is 28.3 Å².